The van der Waals surface area contributed by atoms with E-state index >= 15 is 0 Å². The van der Waals surface area contributed by atoms with E-state index in [1.54, 1.807) is 0 Å². The summed E-state index contributed by atoms with van der Waals surface area (Å²) in [6.45, 7) is 1.87. The van der Waals surface area contributed by atoms with Gasteiger partial charge < -0.3 is 15.6 Å². The summed E-state index contributed by atoms with van der Waals surface area (Å²) in [5.41, 5.74) is 7.07. The summed E-state index contributed by atoms with van der Waals surface area (Å²) >= 11 is 0. The highest BCUT2D eigenvalue weighted by Crippen LogP contribution is 2.24. The fourth-order valence-corrected chi connectivity index (χ4v) is 3.15. The van der Waals surface area contributed by atoms with Gasteiger partial charge in [-0.15, -0.1) is 12.4 Å². The highest BCUT2D eigenvalue weighted by Gasteiger charge is 2.27. The molecule has 0 bridgehead atoms. The number of nitrogens with one attached hydrogen (secondary N) is 1. The van der Waals surface area contributed by atoms with Crippen molar-refractivity contribution in [1.29, 1.82) is 0 Å². The molecule has 25 heavy (non-hydrogen) atoms. The summed E-state index contributed by atoms with van der Waals surface area (Å²) in [7, 11) is 0. The Morgan fingerprint density at radius 3 is 2.84 bits per heavy atom. The molecule has 1 saturated carbocycles. The van der Waals surface area contributed by atoms with Crippen molar-refractivity contribution in [2.75, 3.05) is 0 Å². The Balaban J connectivity index is 0.00000225. The van der Waals surface area contributed by atoms with Crippen LogP contribution in [0.5, 0.6) is 0 Å². The van der Waals surface area contributed by atoms with Crippen LogP contribution in [0.25, 0.3) is 0 Å². The summed E-state index contributed by atoms with van der Waals surface area (Å²) in [6, 6.07) is 9.81. The fourth-order valence-electron chi connectivity index (χ4n) is 3.15. The van der Waals surface area contributed by atoms with Crippen LogP contribution in [0.3, 0.4) is 0 Å². The number of benzene rings is 1. The minimum absolute atomic E-state index is 0. The summed E-state index contributed by atoms with van der Waals surface area (Å²) in [6.07, 6.45) is 4.26. The zero-order valence-electron chi connectivity index (χ0n) is 14.4. The first-order chi connectivity index (χ1) is 11.6. The van der Waals surface area contributed by atoms with Crippen molar-refractivity contribution in [1.82, 2.24) is 15.5 Å². The van der Waals surface area contributed by atoms with Crippen LogP contribution in [0, 0.1) is 5.92 Å². The number of amides is 1. The third kappa shape index (κ3) is 5.28. The van der Waals surface area contributed by atoms with Crippen LogP contribution in [-0.2, 0) is 11.2 Å². The molecule has 3 unspecified atom stereocenters. The Bertz CT molecular complexity index is 677. The molecule has 1 amide bonds. The molecule has 0 aliphatic heterocycles. The molecule has 1 aliphatic rings. The lowest BCUT2D eigenvalue weighted by molar-refractivity contribution is -0.126. The first kappa shape index (κ1) is 19.4. The maximum absolute atomic E-state index is 12.4. The Kier molecular flexibility index (Phi) is 6.96. The van der Waals surface area contributed by atoms with Gasteiger partial charge >= 0.3 is 0 Å². The van der Waals surface area contributed by atoms with E-state index in [2.05, 4.69) is 15.5 Å². The van der Waals surface area contributed by atoms with Gasteiger partial charge in [-0.3, -0.25) is 4.79 Å². The second-order valence-corrected chi connectivity index (χ2v) is 6.56. The molecule has 3 N–H and O–H groups in total. The lowest BCUT2D eigenvalue weighted by Gasteiger charge is -2.26. The topological polar surface area (TPSA) is 94.0 Å². The van der Waals surface area contributed by atoms with E-state index in [4.69, 9.17) is 10.3 Å². The number of halogens is 1. The fraction of sp³-hybridized carbons (Fsp3) is 0.500. The van der Waals surface area contributed by atoms with Crippen LogP contribution in [-0.4, -0.2) is 22.1 Å². The van der Waals surface area contributed by atoms with Gasteiger partial charge in [0.1, 0.15) is 0 Å². The Morgan fingerprint density at radius 2 is 2.12 bits per heavy atom. The third-order valence-electron chi connectivity index (χ3n) is 4.51. The highest BCUT2D eigenvalue weighted by atomic mass is 35.5. The van der Waals surface area contributed by atoms with E-state index in [0.29, 0.717) is 18.1 Å². The van der Waals surface area contributed by atoms with Crippen LogP contribution in [0.15, 0.2) is 34.9 Å². The van der Waals surface area contributed by atoms with Gasteiger partial charge in [0, 0.05) is 12.0 Å². The molecule has 3 atom stereocenters. The maximum atomic E-state index is 12.4. The molecule has 1 fully saturated rings. The molecular formula is C18H25ClN4O2. The smallest absolute Gasteiger partial charge is 0.231 e. The van der Waals surface area contributed by atoms with E-state index in [-0.39, 0.29) is 36.3 Å². The van der Waals surface area contributed by atoms with Crippen molar-refractivity contribution in [3.05, 3.63) is 47.6 Å². The average molecular weight is 365 g/mol. The Morgan fingerprint density at radius 1 is 1.36 bits per heavy atom. The predicted molar refractivity (Wildman–Crippen MR) is 97.3 cm³/mol. The van der Waals surface area contributed by atoms with E-state index < -0.39 is 0 Å². The van der Waals surface area contributed by atoms with E-state index in [9.17, 15) is 4.79 Å². The summed E-state index contributed by atoms with van der Waals surface area (Å²) in [4.78, 5) is 16.8. The lowest BCUT2D eigenvalue weighted by atomic mass is 9.85. The van der Waals surface area contributed by atoms with Crippen LogP contribution in [0.2, 0.25) is 0 Å². The number of rotatable bonds is 5. The molecule has 0 spiro atoms. The molecule has 7 heteroatoms. The number of nitrogens with two attached hydrogens (primary N) is 1. The van der Waals surface area contributed by atoms with Gasteiger partial charge in [-0.05, 0) is 31.7 Å². The monoisotopic (exact) mass is 364 g/mol. The first-order valence-electron chi connectivity index (χ1n) is 8.54. The van der Waals surface area contributed by atoms with E-state index in [0.717, 1.165) is 31.2 Å². The molecule has 2 aromatic rings. The zero-order chi connectivity index (χ0) is 16.9. The van der Waals surface area contributed by atoms with Gasteiger partial charge in [0.2, 0.25) is 11.8 Å². The zero-order valence-corrected chi connectivity index (χ0v) is 15.2. The minimum atomic E-state index is -0.274. The average Bonchev–Trinajstić information content (AvgIpc) is 3.04. The molecule has 3 rings (SSSR count). The normalized spacial score (nSPS) is 21.2. The Hall–Kier alpha value is -1.92. The van der Waals surface area contributed by atoms with Gasteiger partial charge in [0.15, 0.2) is 5.82 Å². The Labute approximate surface area is 154 Å². The van der Waals surface area contributed by atoms with Crippen LogP contribution >= 0.6 is 12.4 Å². The predicted octanol–water partition coefficient (Wildman–Crippen LogP) is 2.78. The highest BCUT2D eigenvalue weighted by molar-refractivity contribution is 5.85. The van der Waals surface area contributed by atoms with Gasteiger partial charge in [-0.2, -0.15) is 4.98 Å². The molecule has 6 nitrogen and oxygen atoms in total. The molecule has 0 radical (unpaired) electrons. The molecule has 136 valence electrons. The minimum Gasteiger partial charge on any atom is -0.346 e. The molecule has 1 aromatic heterocycles. The molecule has 1 aliphatic carbocycles. The number of carbonyl (C=O) groups is 1. The summed E-state index contributed by atoms with van der Waals surface area (Å²) < 4.78 is 5.30. The molecule has 1 aromatic carbocycles. The van der Waals surface area contributed by atoms with Gasteiger partial charge in [-0.25, -0.2) is 0 Å². The quantitative estimate of drug-likeness (QED) is 0.850. The first-order valence-corrected chi connectivity index (χ1v) is 8.54. The van der Waals surface area contributed by atoms with Gasteiger partial charge in [0.05, 0.1) is 12.5 Å². The number of nitrogens with zero attached hydrogens (tertiary/aromatic N) is 2. The molecule has 0 saturated heterocycles. The van der Waals surface area contributed by atoms with Crippen molar-refractivity contribution >= 4 is 18.3 Å². The molecular weight excluding hydrogens is 340 g/mol. The molecule has 1 heterocycles. The summed E-state index contributed by atoms with van der Waals surface area (Å²) in [5.74, 6) is 1.09. The number of carbonyl (C=O) groups excluding carboxylic acids is 1. The van der Waals surface area contributed by atoms with Crippen LogP contribution in [0.1, 0.15) is 55.9 Å². The van der Waals surface area contributed by atoms with Crippen molar-refractivity contribution in [2.24, 2.45) is 11.7 Å². The summed E-state index contributed by atoms with van der Waals surface area (Å²) in [5, 5.41) is 6.98. The van der Waals surface area contributed by atoms with Crippen LogP contribution in [0.4, 0.5) is 0 Å². The van der Waals surface area contributed by atoms with Crippen molar-refractivity contribution in [2.45, 2.75) is 51.1 Å². The van der Waals surface area contributed by atoms with Gasteiger partial charge in [0.25, 0.3) is 0 Å². The van der Waals surface area contributed by atoms with Crippen molar-refractivity contribution in [3.8, 4) is 0 Å². The second-order valence-electron chi connectivity index (χ2n) is 6.56. The second kappa shape index (κ2) is 8.97. The SMILES string of the molecule is CC(NC(=O)C1CCCC(N)C1)c1noc(Cc2ccccc2)n1.Cl. The van der Waals surface area contributed by atoms with Crippen molar-refractivity contribution < 1.29 is 9.32 Å². The van der Waals surface area contributed by atoms with Gasteiger partial charge in [-0.1, -0.05) is 41.9 Å². The van der Waals surface area contributed by atoms with E-state index in [1.165, 1.54) is 0 Å². The maximum Gasteiger partial charge on any atom is 0.231 e. The lowest BCUT2D eigenvalue weighted by Crippen LogP contribution is -2.38. The number of hydrogen-bond donors (Lipinski definition) is 2. The van der Waals surface area contributed by atoms with Crippen LogP contribution < -0.4 is 11.1 Å². The third-order valence-corrected chi connectivity index (χ3v) is 4.51. The number of aromatic nitrogens is 2. The standard InChI is InChI=1S/C18H24N4O2.ClH/c1-12(20-18(23)14-8-5-9-15(19)11-14)17-21-16(24-22-17)10-13-6-3-2-4-7-13;/h2-4,6-7,12,14-15H,5,8-11,19H2,1H3,(H,20,23);1H. The van der Waals surface area contributed by atoms with E-state index in [1.807, 2.05) is 37.3 Å². The largest absolute Gasteiger partial charge is 0.346 e. The number of hydrogen-bond acceptors (Lipinski definition) is 5. The van der Waals surface area contributed by atoms with Crippen molar-refractivity contribution in [3.63, 3.8) is 0 Å².